The number of halogens is 1. The van der Waals surface area contributed by atoms with Crippen LogP contribution in [0.25, 0.3) is 0 Å². The molecule has 0 aliphatic heterocycles. The molecule has 1 heterocycles. The normalized spacial score (nSPS) is 12.9. The van der Waals surface area contributed by atoms with Gasteiger partial charge in [0.05, 0.1) is 0 Å². The van der Waals surface area contributed by atoms with Gasteiger partial charge < -0.3 is 4.57 Å². The number of aromatic nitrogens is 2. The minimum absolute atomic E-state index is 0.0844. The summed E-state index contributed by atoms with van der Waals surface area (Å²) < 4.78 is 28.8. The van der Waals surface area contributed by atoms with Gasteiger partial charge in [0.2, 0.25) is 0 Å². The standard InChI is InChI=1S/C12H22BrN3O2S/c1-5-16-8-11(15-10(16)2)19(17,18)14-9-12(3,4)6-7-13/h8,14H,5-7,9H2,1-4H3. The van der Waals surface area contributed by atoms with E-state index in [0.29, 0.717) is 18.9 Å². The largest absolute Gasteiger partial charge is 0.334 e. The molecule has 0 aliphatic carbocycles. The summed E-state index contributed by atoms with van der Waals surface area (Å²) in [7, 11) is -3.52. The Hall–Kier alpha value is -0.400. The van der Waals surface area contributed by atoms with Gasteiger partial charge in [0, 0.05) is 24.6 Å². The van der Waals surface area contributed by atoms with Crippen molar-refractivity contribution in [2.24, 2.45) is 5.41 Å². The number of imidazole rings is 1. The van der Waals surface area contributed by atoms with E-state index in [1.165, 1.54) is 0 Å². The summed E-state index contributed by atoms with van der Waals surface area (Å²) in [6.07, 6.45) is 2.48. The Bertz CT molecular complexity index is 523. The van der Waals surface area contributed by atoms with Crippen LogP contribution in [0, 0.1) is 12.3 Å². The summed E-state index contributed by atoms with van der Waals surface area (Å²) >= 11 is 3.38. The van der Waals surface area contributed by atoms with E-state index in [4.69, 9.17) is 0 Å². The van der Waals surface area contributed by atoms with Crippen molar-refractivity contribution >= 4 is 26.0 Å². The fraction of sp³-hybridized carbons (Fsp3) is 0.750. The highest BCUT2D eigenvalue weighted by atomic mass is 79.9. The monoisotopic (exact) mass is 351 g/mol. The van der Waals surface area contributed by atoms with Crippen molar-refractivity contribution in [1.29, 1.82) is 0 Å². The molecule has 0 spiro atoms. The molecule has 0 saturated carbocycles. The molecule has 5 nitrogen and oxygen atoms in total. The third kappa shape index (κ3) is 4.57. The van der Waals surface area contributed by atoms with Crippen LogP contribution in [0.15, 0.2) is 11.2 Å². The molecular weight excluding hydrogens is 330 g/mol. The molecule has 0 unspecified atom stereocenters. The predicted molar refractivity (Wildman–Crippen MR) is 80.0 cm³/mol. The Kier molecular flexibility index (Phi) is 5.58. The first-order valence-electron chi connectivity index (χ1n) is 6.31. The molecule has 0 saturated heterocycles. The second-order valence-corrected chi connectivity index (χ2v) is 7.85. The van der Waals surface area contributed by atoms with Crippen LogP contribution in [0.4, 0.5) is 0 Å². The number of nitrogens with one attached hydrogen (secondary N) is 1. The van der Waals surface area contributed by atoms with Gasteiger partial charge in [0.25, 0.3) is 10.0 Å². The van der Waals surface area contributed by atoms with E-state index >= 15 is 0 Å². The summed E-state index contributed by atoms with van der Waals surface area (Å²) in [6, 6.07) is 0. The molecule has 19 heavy (non-hydrogen) atoms. The molecule has 0 atom stereocenters. The maximum absolute atomic E-state index is 12.2. The molecule has 0 aromatic carbocycles. The van der Waals surface area contributed by atoms with Gasteiger partial charge in [-0.15, -0.1) is 0 Å². The van der Waals surface area contributed by atoms with Gasteiger partial charge in [0.1, 0.15) is 5.82 Å². The van der Waals surface area contributed by atoms with Crippen LogP contribution in [0.1, 0.15) is 33.0 Å². The highest BCUT2D eigenvalue weighted by molar-refractivity contribution is 9.09. The number of rotatable bonds is 7. The van der Waals surface area contributed by atoms with Crippen LogP contribution in [-0.2, 0) is 16.6 Å². The Morgan fingerprint density at radius 3 is 2.58 bits per heavy atom. The zero-order valence-electron chi connectivity index (χ0n) is 11.9. The van der Waals surface area contributed by atoms with Gasteiger partial charge in [-0.2, -0.15) is 0 Å². The van der Waals surface area contributed by atoms with Crippen LogP contribution >= 0.6 is 15.9 Å². The van der Waals surface area contributed by atoms with E-state index in [-0.39, 0.29) is 10.4 Å². The number of hydrogen-bond acceptors (Lipinski definition) is 3. The van der Waals surface area contributed by atoms with Gasteiger partial charge in [0.15, 0.2) is 5.03 Å². The van der Waals surface area contributed by atoms with Crippen LogP contribution < -0.4 is 4.72 Å². The Morgan fingerprint density at radius 1 is 1.47 bits per heavy atom. The molecule has 110 valence electrons. The third-order valence-corrected chi connectivity index (χ3v) is 4.75. The lowest BCUT2D eigenvalue weighted by Gasteiger charge is -2.23. The third-order valence-electron chi connectivity index (χ3n) is 3.08. The zero-order chi connectivity index (χ0) is 14.7. The Balaban J connectivity index is 2.81. The minimum Gasteiger partial charge on any atom is -0.334 e. The molecule has 0 aliphatic rings. The first-order valence-corrected chi connectivity index (χ1v) is 8.92. The second kappa shape index (κ2) is 6.37. The fourth-order valence-corrected chi connectivity index (χ4v) is 3.96. The van der Waals surface area contributed by atoms with Gasteiger partial charge in [-0.25, -0.2) is 18.1 Å². The molecular formula is C12H22BrN3O2S. The number of aryl methyl sites for hydroxylation is 2. The van der Waals surface area contributed by atoms with E-state index < -0.39 is 10.0 Å². The molecule has 7 heteroatoms. The fourth-order valence-electron chi connectivity index (χ4n) is 1.64. The van der Waals surface area contributed by atoms with E-state index in [9.17, 15) is 8.42 Å². The van der Waals surface area contributed by atoms with Crippen molar-refractivity contribution in [3.8, 4) is 0 Å². The summed E-state index contributed by atoms with van der Waals surface area (Å²) in [5, 5.41) is 0.951. The average molecular weight is 352 g/mol. The molecule has 0 bridgehead atoms. The SMILES string of the molecule is CCn1cc(S(=O)(=O)NCC(C)(C)CCBr)nc1C. The summed E-state index contributed by atoms with van der Waals surface area (Å²) in [5.74, 6) is 0.711. The molecule has 0 radical (unpaired) electrons. The quantitative estimate of drug-likeness (QED) is 0.766. The van der Waals surface area contributed by atoms with E-state index in [1.54, 1.807) is 13.1 Å². The van der Waals surface area contributed by atoms with Crippen LogP contribution in [0.3, 0.4) is 0 Å². The van der Waals surface area contributed by atoms with Crippen LogP contribution in [-0.4, -0.2) is 29.8 Å². The van der Waals surface area contributed by atoms with Crippen molar-refractivity contribution in [3.05, 3.63) is 12.0 Å². The van der Waals surface area contributed by atoms with Crippen LogP contribution in [0.2, 0.25) is 0 Å². The summed E-state index contributed by atoms with van der Waals surface area (Å²) in [5.41, 5.74) is -0.0844. The van der Waals surface area contributed by atoms with Gasteiger partial charge in [-0.3, -0.25) is 0 Å². The Labute approximate surface area is 124 Å². The average Bonchev–Trinajstić information content (AvgIpc) is 2.69. The van der Waals surface area contributed by atoms with Crippen molar-refractivity contribution in [1.82, 2.24) is 14.3 Å². The van der Waals surface area contributed by atoms with Gasteiger partial charge in [-0.05, 0) is 25.7 Å². The topological polar surface area (TPSA) is 64.0 Å². The maximum Gasteiger partial charge on any atom is 0.259 e. The molecule has 1 aromatic rings. The molecule has 1 aromatic heterocycles. The number of alkyl halides is 1. The number of sulfonamides is 1. The molecule has 0 fully saturated rings. The first kappa shape index (κ1) is 16.7. The Morgan fingerprint density at radius 2 is 2.11 bits per heavy atom. The lowest BCUT2D eigenvalue weighted by atomic mass is 9.91. The maximum atomic E-state index is 12.2. The van der Waals surface area contributed by atoms with E-state index in [1.807, 2.05) is 25.3 Å². The first-order chi connectivity index (χ1) is 8.72. The van der Waals surface area contributed by atoms with Crippen molar-refractivity contribution in [3.63, 3.8) is 0 Å². The summed E-state index contributed by atoms with van der Waals surface area (Å²) in [6.45, 7) is 8.94. The minimum atomic E-state index is -3.52. The lowest BCUT2D eigenvalue weighted by Crippen LogP contribution is -2.34. The highest BCUT2D eigenvalue weighted by Crippen LogP contribution is 2.21. The summed E-state index contributed by atoms with van der Waals surface area (Å²) in [4.78, 5) is 4.10. The van der Waals surface area contributed by atoms with Crippen molar-refractivity contribution in [2.45, 2.75) is 45.7 Å². The molecule has 1 N–H and O–H groups in total. The van der Waals surface area contributed by atoms with Gasteiger partial charge >= 0.3 is 0 Å². The highest BCUT2D eigenvalue weighted by Gasteiger charge is 2.23. The van der Waals surface area contributed by atoms with Crippen molar-refractivity contribution < 1.29 is 8.42 Å². The lowest BCUT2D eigenvalue weighted by molar-refractivity contribution is 0.354. The van der Waals surface area contributed by atoms with Crippen LogP contribution in [0.5, 0.6) is 0 Å². The predicted octanol–water partition coefficient (Wildman–Crippen LogP) is 2.30. The molecule has 1 rings (SSSR count). The van der Waals surface area contributed by atoms with E-state index in [2.05, 4.69) is 25.6 Å². The van der Waals surface area contributed by atoms with Gasteiger partial charge in [-0.1, -0.05) is 29.8 Å². The number of hydrogen-bond donors (Lipinski definition) is 1. The van der Waals surface area contributed by atoms with Crippen molar-refractivity contribution in [2.75, 3.05) is 11.9 Å². The zero-order valence-corrected chi connectivity index (χ0v) is 14.3. The smallest absolute Gasteiger partial charge is 0.259 e. The number of nitrogens with zero attached hydrogens (tertiary/aromatic N) is 2. The molecule has 0 amide bonds. The second-order valence-electron chi connectivity index (χ2n) is 5.34. The van der Waals surface area contributed by atoms with E-state index in [0.717, 1.165) is 11.8 Å².